The van der Waals surface area contributed by atoms with Crippen molar-refractivity contribution in [1.82, 2.24) is 9.97 Å². The van der Waals surface area contributed by atoms with Gasteiger partial charge in [0, 0.05) is 12.1 Å². The van der Waals surface area contributed by atoms with Crippen LogP contribution in [-0.2, 0) is 0 Å². The number of nitrogens with one attached hydrogen (secondary N) is 2. The van der Waals surface area contributed by atoms with Gasteiger partial charge in [0.2, 0.25) is 0 Å². The van der Waals surface area contributed by atoms with E-state index in [1.165, 1.54) is 0 Å². The first-order valence-electron chi connectivity index (χ1n) is 5.71. The molecular formula is C12H14N2O4. The number of hydrogen-bond acceptors (Lipinski definition) is 4. The largest absolute Gasteiger partial charge is 0.490 e. The molecule has 18 heavy (non-hydrogen) atoms. The van der Waals surface area contributed by atoms with Crippen molar-refractivity contribution in [1.29, 1.82) is 0 Å². The molecule has 96 valence electrons. The highest BCUT2D eigenvalue weighted by Crippen LogP contribution is 2.30. The Hall–Kier alpha value is -2.24. The van der Waals surface area contributed by atoms with E-state index in [1.54, 1.807) is 12.1 Å². The molecule has 0 unspecified atom stereocenters. The molecule has 0 fully saturated rings. The first kappa shape index (κ1) is 12.2. The second-order valence-electron chi connectivity index (χ2n) is 3.62. The van der Waals surface area contributed by atoms with Crippen LogP contribution < -0.4 is 20.6 Å². The number of hydrogen-bond donors (Lipinski definition) is 2. The van der Waals surface area contributed by atoms with E-state index in [9.17, 15) is 9.59 Å². The molecule has 0 spiro atoms. The fourth-order valence-electron chi connectivity index (χ4n) is 1.66. The number of fused-ring (bicyclic) bond motifs is 1. The Morgan fingerprint density at radius 3 is 1.61 bits per heavy atom. The van der Waals surface area contributed by atoms with Crippen LogP contribution in [0, 0.1) is 0 Å². The molecule has 2 N–H and O–H groups in total. The zero-order chi connectivity index (χ0) is 13.1. The molecule has 0 atom stereocenters. The molecule has 1 aromatic heterocycles. The summed E-state index contributed by atoms with van der Waals surface area (Å²) in [5.74, 6) is 1.07. The second-order valence-corrected chi connectivity index (χ2v) is 3.62. The van der Waals surface area contributed by atoms with Crippen LogP contribution in [-0.4, -0.2) is 23.2 Å². The van der Waals surface area contributed by atoms with Gasteiger partial charge in [-0.15, -0.1) is 0 Å². The molecule has 0 aliphatic carbocycles. The quantitative estimate of drug-likeness (QED) is 0.793. The average Bonchev–Trinajstić information content (AvgIpc) is 2.33. The van der Waals surface area contributed by atoms with Gasteiger partial charge in [0.25, 0.3) is 0 Å². The molecule has 2 rings (SSSR count). The molecule has 6 heteroatoms. The van der Waals surface area contributed by atoms with Crippen LogP contribution in [0.25, 0.3) is 11.0 Å². The smallest absolute Gasteiger partial charge is 0.314 e. The van der Waals surface area contributed by atoms with Crippen molar-refractivity contribution < 1.29 is 9.47 Å². The van der Waals surface area contributed by atoms with Gasteiger partial charge in [0.15, 0.2) is 11.5 Å². The van der Waals surface area contributed by atoms with E-state index < -0.39 is 11.1 Å². The normalized spacial score (nSPS) is 10.6. The number of aromatic amines is 2. The number of rotatable bonds is 4. The summed E-state index contributed by atoms with van der Waals surface area (Å²) < 4.78 is 10.9. The minimum Gasteiger partial charge on any atom is -0.490 e. The minimum atomic E-state index is -0.686. The lowest BCUT2D eigenvalue weighted by molar-refractivity contribution is 0.288. The number of aromatic nitrogens is 2. The van der Waals surface area contributed by atoms with Crippen LogP contribution in [0.2, 0.25) is 0 Å². The van der Waals surface area contributed by atoms with Gasteiger partial charge in [-0.25, -0.2) is 0 Å². The van der Waals surface area contributed by atoms with Gasteiger partial charge < -0.3 is 19.4 Å². The standard InChI is InChI=1S/C12H14N2O4/c1-3-17-9-5-7-8(6-10(9)18-4-2)14-12(16)11(15)13-7/h5-6H,3-4H2,1-2H3,(H,13,15)(H,14,16). The lowest BCUT2D eigenvalue weighted by atomic mass is 10.2. The molecular weight excluding hydrogens is 236 g/mol. The van der Waals surface area contributed by atoms with Crippen LogP contribution in [0.5, 0.6) is 11.5 Å². The van der Waals surface area contributed by atoms with E-state index in [2.05, 4.69) is 9.97 Å². The van der Waals surface area contributed by atoms with Gasteiger partial charge in [-0.3, -0.25) is 9.59 Å². The maximum Gasteiger partial charge on any atom is 0.314 e. The van der Waals surface area contributed by atoms with Crippen molar-refractivity contribution in [2.75, 3.05) is 13.2 Å². The van der Waals surface area contributed by atoms with Crippen molar-refractivity contribution in [3.63, 3.8) is 0 Å². The molecule has 0 radical (unpaired) electrons. The van der Waals surface area contributed by atoms with E-state index >= 15 is 0 Å². The van der Waals surface area contributed by atoms with E-state index in [-0.39, 0.29) is 0 Å². The van der Waals surface area contributed by atoms with E-state index in [0.717, 1.165) is 0 Å². The van der Waals surface area contributed by atoms with Gasteiger partial charge in [-0.1, -0.05) is 0 Å². The van der Waals surface area contributed by atoms with Gasteiger partial charge in [0.1, 0.15) is 0 Å². The molecule has 0 saturated carbocycles. The summed E-state index contributed by atoms with van der Waals surface area (Å²) in [5, 5.41) is 0. The summed E-state index contributed by atoms with van der Waals surface area (Å²) in [6, 6.07) is 3.28. The predicted molar refractivity (Wildman–Crippen MR) is 67.5 cm³/mol. The fourth-order valence-corrected chi connectivity index (χ4v) is 1.66. The van der Waals surface area contributed by atoms with Gasteiger partial charge >= 0.3 is 11.1 Å². The van der Waals surface area contributed by atoms with Crippen molar-refractivity contribution >= 4 is 11.0 Å². The van der Waals surface area contributed by atoms with E-state index in [1.807, 2.05) is 13.8 Å². The van der Waals surface area contributed by atoms with Gasteiger partial charge in [-0.2, -0.15) is 0 Å². The van der Waals surface area contributed by atoms with E-state index in [0.29, 0.717) is 35.7 Å². The maximum absolute atomic E-state index is 11.2. The molecule has 0 aliphatic heterocycles. The Balaban J connectivity index is 2.67. The summed E-state index contributed by atoms with van der Waals surface area (Å²) in [6.07, 6.45) is 0. The molecule has 6 nitrogen and oxygen atoms in total. The summed E-state index contributed by atoms with van der Waals surface area (Å²) >= 11 is 0. The highest BCUT2D eigenvalue weighted by atomic mass is 16.5. The fraction of sp³-hybridized carbons (Fsp3) is 0.333. The lowest BCUT2D eigenvalue weighted by Crippen LogP contribution is -2.28. The molecule has 0 amide bonds. The zero-order valence-electron chi connectivity index (χ0n) is 10.2. The second kappa shape index (κ2) is 4.95. The molecule has 1 heterocycles. The van der Waals surface area contributed by atoms with Gasteiger partial charge in [-0.05, 0) is 13.8 Å². The minimum absolute atomic E-state index is 0.485. The summed E-state index contributed by atoms with van der Waals surface area (Å²) in [7, 11) is 0. The van der Waals surface area contributed by atoms with Crippen LogP contribution in [0.3, 0.4) is 0 Å². The van der Waals surface area contributed by atoms with Crippen LogP contribution >= 0.6 is 0 Å². The topological polar surface area (TPSA) is 84.2 Å². The first-order valence-corrected chi connectivity index (χ1v) is 5.71. The monoisotopic (exact) mass is 250 g/mol. The summed E-state index contributed by atoms with van der Waals surface area (Å²) in [6.45, 7) is 4.68. The van der Waals surface area contributed by atoms with Crippen LogP contribution in [0.4, 0.5) is 0 Å². The summed E-state index contributed by atoms with van der Waals surface area (Å²) in [4.78, 5) is 27.5. The molecule has 0 bridgehead atoms. The zero-order valence-corrected chi connectivity index (χ0v) is 10.2. The Bertz CT molecular complexity index is 613. The number of H-pyrrole nitrogens is 2. The Labute approximate surface area is 103 Å². The maximum atomic E-state index is 11.2. The van der Waals surface area contributed by atoms with Crippen LogP contribution in [0.1, 0.15) is 13.8 Å². The lowest BCUT2D eigenvalue weighted by Gasteiger charge is -2.11. The first-order chi connectivity index (χ1) is 8.65. The number of benzene rings is 1. The SMILES string of the molecule is CCOc1cc2[nH]c(=O)c(=O)[nH]c2cc1OCC. The molecule has 2 aromatic rings. The number of ether oxygens (including phenoxy) is 2. The van der Waals surface area contributed by atoms with Crippen molar-refractivity contribution in [3.05, 3.63) is 32.8 Å². The highest BCUT2D eigenvalue weighted by Gasteiger charge is 2.09. The molecule has 0 aliphatic rings. The highest BCUT2D eigenvalue weighted by molar-refractivity contribution is 5.78. The van der Waals surface area contributed by atoms with E-state index in [4.69, 9.17) is 9.47 Å². The van der Waals surface area contributed by atoms with Crippen LogP contribution in [0.15, 0.2) is 21.7 Å². The molecule has 0 saturated heterocycles. The summed E-state index contributed by atoms with van der Waals surface area (Å²) in [5.41, 5.74) is -0.360. The molecule has 1 aromatic carbocycles. The third kappa shape index (κ3) is 2.22. The third-order valence-corrected chi connectivity index (χ3v) is 2.39. The van der Waals surface area contributed by atoms with Crippen molar-refractivity contribution in [3.8, 4) is 11.5 Å². The Morgan fingerprint density at radius 1 is 0.889 bits per heavy atom. The Kier molecular flexibility index (Phi) is 3.36. The van der Waals surface area contributed by atoms with Crippen molar-refractivity contribution in [2.24, 2.45) is 0 Å². The van der Waals surface area contributed by atoms with Gasteiger partial charge in [0.05, 0.1) is 24.2 Å². The average molecular weight is 250 g/mol. The van der Waals surface area contributed by atoms with Crippen molar-refractivity contribution in [2.45, 2.75) is 13.8 Å². The Morgan fingerprint density at radius 2 is 1.28 bits per heavy atom. The predicted octanol–water partition coefficient (Wildman–Crippen LogP) is 1.01. The third-order valence-electron chi connectivity index (χ3n) is 2.39.